The molecule has 0 aliphatic carbocycles. The number of para-hydroxylation sites is 1. The van der Waals surface area contributed by atoms with Gasteiger partial charge in [-0.15, -0.1) is 0 Å². The van der Waals surface area contributed by atoms with E-state index in [1.165, 1.54) is 0 Å². The van der Waals surface area contributed by atoms with Crippen LogP contribution >= 0.6 is 0 Å². The normalized spacial score (nSPS) is 15.3. The van der Waals surface area contributed by atoms with Crippen LogP contribution in [-0.2, 0) is 10.2 Å². The Kier molecular flexibility index (Phi) is 7.14. The number of piperidine rings is 1. The first-order chi connectivity index (χ1) is 16.0. The third-order valence-electron chi connectivity index (χ3n) is 7.07. The van der Waals surface area contributed by atoms with Crippen molar-refractivity contribution in [2.75, 3.05) is 33.7 Å². The van der Waals surface area contributed by atoms with E-state index in [2.05, 4.69) is 29.2 Å². The van der Waals surface area contributed by atoms with Crippen molar-refractivity contribution in [1.82, 2.24) is 9.80 Å². The number of hydrogen-bond acceptors (Lipinski definition) is 3. The topological polar surface area (TPSA) is 43.8 Å². The molecule has 0 unspecified atom stereocenters. The molecule has 0 atom stereocenters. The number of carbonyl (C=O) groups excluding carboxylic acids is 1. The summed E-state index contributed by atoms with van der Waals surface area (Å²) in [5, 5.41) is 10.2. The van der Waals surface area contributed by atoms with Gasteiger partial charge in [0.15, 0.2) is 0 Å². The quantitative estimate of drug-likeness (QED) is 0.558. The van der Waals surface area contributed by atoms with E-state index in [1.54, 1.807) is 11.0 Å². The van der Waals surface area contributed by atoms with E-state index in [0.717, 1.165) is 55.6 Å². The molecule has 1 aliphatic heterocycles. The molecular formula is C29H34N2O2. The van der Waals surface area contributed by atoms with E-state index in [4.69, 9.17) is 0 Å². The lowest BCUT2D eigenvalue weighted by Crippen LogP contribution is -2.47. The van der Waals surface area contributed by atoms with Crippen LogP contribution in [0.25, 0.3) is 0 Å². The summed E-state index contributed by atoms with van der Waals surface area (Å²) in [5.74, 6) is 0.905. The van der Waals surface area contributed by atoms with Crippen LogP contribution in [-0.4, -0.2) is 54.5 Å². The summed E-state index contributed by atoms with van der Waals surface area (Å²) >= 11 is 0. The number of phenolic OH excluding ortho intramolecular Hbond substituents is 1. The molecular weight excluding hydrogens is 408 g/mol. The summed E-state index contributed by atoms with van der Waals surface area (Å²) < 4.78 is 0. The zero-order valence-electron chi connectivity index (χ0n) is 19.7. The molecule has 4 heteroatoms. The first-order valence-electron chi connectivity index (χ1n) is 11.9. The summed E-state index contributed by atoms with van der Waals surface area (Å²) in [7, 11) is 3.70. The second kappa shape index (κ2) is 10.2. The molecule has 1 saturated heterocycles. The van der Waals surface area contributed by atoms with E-state index < -0.39 is 5.41 Å². The smallest absolute Gasteiger partial charge is 0.237 e. The zero-order valence-corrected chi connectivity index (χ0v) is 19.7. The Bertz CT molecular complexity index is 1000. The molecule has 1 aliphatic rings. The maximum Gasteiger partial charge on any atom is 0.237 e. The van der Waals surface area contributed by atoms with Crippen LogP contribution in [0.5, 0.6) is 5.75 Å². The second-order valence-electron chi connectivity index (χ2n) is 9.26. The zero-order chi connectivity index (χ0) is 23.3. The van der Waals surface area contributed by atoms with Crippen LogP contribution in [0, 0.1) is 0 Å². The fourth-order valence-corrected chi connectivity index (χ4v) is 5.26. The minimum atomic E-state index is -0.722. The fraction of sp³-hybridized carbons (Fsp3) is 0.345. The van der Waals surface area contributed by atoms with Crippen molar-refractivity contribution in [1.29, 1.82) is 0 Å². The molecule has 0 aromatic heterocycles. The van der Waals surface area contributed by atoms with Gasteiger partial charge in [-0.25, -0.2) is 0 Å². The molecule has 3 aromatic carbocycles. The number of hydrogen-bond donors (Lipinski definition) is 1. The summed E-state index contributed by atoms with van der Waals surface area (Å²) in [6, 6.07) is 28.1. The first kappa shape index (κ1) is 23.1. The maximum atomic E-state index is 13.8. The van der Waals surface area contributed by atoms with Crippen LogP contribution in [0.15, 0.2) is 84.9 Å². The van der Waals surface area contributed by atoms with Gasteiger partial charge in [0.2, 0.25) is 5.91 Å². The largest absolute Gasteiger partial charge is 0.508 e. The second-order valence-corrected chi connectivity index (χ2v) is 9.26. The van der Waals surface area contributed by atoms with Gasteiger partial charge in [0.25, 0.3) is 0 Å². The minimum Gasteiger partial charge on any atom is -0.508 e. The lowest BCUT2D eigenvalue weighted by atomic mass is 9.70. The third-order valence-corrected chi connectivity index (χ3v) is 7.07. The lowest BCUT2D eigenvalue weighted by Gasteiger charge is -2.39. The van der Waals surface area contributed by atoms with Crippen molar-refractivity contribution < 1.29 is 9.90 Å². The van der Waals surface area contributed by atoms with E-state index in [-0.39, 0.29) is 5.91 Å². The van der Waals surface area contributed by atoms with Crippen LogP contribution in [0.3, 0.4) is 0 Å². The molecule has 4 nitrogen and oxygen atoms in total. The molecule has 1 amide bonds. The molecule has 172 valence electrons. The van der Waals surface area contributed by atoms with Gasteiger partial charge in [-0.2, -0.15) is 0 Å². The predicted molar refractivity (Wildman–Crippen MR) is 133 cm³/mol. The average Bonchev–Trinajstić information content (AvgIpc) is 2.86. The third kappa shape index (κ3) is 4.81. The number of likely N-dealkylation sites (tertiary alicyclic amines) is 1. The van der Waals surface area contributed by atoms with E-state index >= 15 is 0 Å². The molecule has 0 spiro atoms. The summed E-state index contributed by atoms with van der Waals surface area (Å²) in [5.41, 5.74) is 2.42. The Labute approximate surface area is 197 Å². The molecule has 1 N–H and O–H groups in total. The number of nitrogens with zero attached hydrogens (tertiary/aromatic N) is 2. The van der Waals surface area contributed by atoms with Crippen molar-refractivity contribution in [3.05, 3.63) is 102 Å². The van der Waals surface area contributed by atoms with Gasteiger partial charge in [0.05, 0.1) is 0 Å². The molecule has 0 radical (unpaired) electrons. The van der Waals surface area contributed by atoms with Gasteiger partial charge in [0.1, 0.15) is 11.2 Å². The van der Waals surface area contributed by atoms with Crippen molar-refractivity contribution in [3.8, 4) is 5.75 Å². The Morgan fingerprint density at radius 1 is 0.879 bits per heavy atom. The number of rotatable bonds is 7. The number of carbonyl (C=O) groups is 1. The summed E-state index contributed by atoms with van der Waals surface area (Å²) in [6.07, 6.45) is 2.76. The van der Waals surface area contributed by atoms with Crippen molar-refractivity contribution >= 4 is 5.91 Å². The lowest BCUT2D eigenvalue weighted by molar-refractivity contribution is -0.133. The monoisotopic (exact) mass is 442 g/mol. The van der Waals surface area contributed by atoms with Gasteiger partial charge in [-0.3, -0.25) is 4.79 Å². The molecule has 0 bridgehead atoms. The molecule has 4 rings (SSSR count). The van der Waals surface area contributed by atoms with Gasteiger partial charge < -0.3 is 14.9 Å². The van der Waals surface area contributed by atoms with E-state index in [9.17, 15) is 9.90 Å². The predicted octanol–water partition coefficient (Wildman–Crippen LogP) is 5.04. The van der Waals surface area contributed by atoms with Crippen LogP contribution in [0.4, 0.5) is 0 Å². The molecule has 3 aromatic rings. The van der Waals surface area contributed by atoms with Gasteiger partial charge in [-0.1, -0.05) is 78.9 Å². The molecule has 33 heavy (non-hydrogen) atoms. The minimum absolute atomic E-state index is 0.115. The number of aromatic hydroxyl groups is 1. The molecule has 1 heterocycles. The van der Waals surface area contributed by atoms with Gasteiger partial charge in [0, 0.05) is 14.1 Å². The highest BCUT2D eigenvalue weighted by molar-refractivity contribution is 5.91. The highest BCUT2D eigenvalue weighted by atomic mass is 16.3. The van der Waals surface area contributed by atoms with Crippen LogP contribution < -0.4 is 0 Å². The first-order valence-corrected chi connectivity index (χ1v) is 11.9. The number of amides is 1. The summed E-state index contributed by atoms with van der Waals surface area (Å²) in [6.45, 7) is 2.78. The fourth-order valence-electron chi connectivity index (χ4n) is 5.26. The van der Waals surface area contributed by atoms with Gasteiger partial charge in [-0.05, 0) is 67.6 Å². The van der Waals surface area contributed by atoms with Crippen molar-refractivity contribution in [3.63, 3.8) is 0 Å². The molecule has 1 fully saturated rings. The van der Waals surface area contributed by atoms with Crippen molar-refractivity contribution in [2.24, 2.45) is 0 Å². The van der Waals surface area contributed by atoms with Crippen LogP contribution in [0.1, 0.15) is 41.9 Å². The number of phenols is 1. The van der Waals surface area contributed by atoms with E-state index in [0.29, 0.717) is 11.7 Å². The highest BCUT2D eigenvalue weighted by Gasteiger charge is 2.43. The highest BCUT2D eigenvalue weighted by Crippen LogP contribution is 2.39. The SMILES string of the molecule is CN(C)C(=O)C(CCN1CCC(c2ccccc2O)CC1)(c1ccccc1)c1ccccc1. The maximum absolute atomic E-state index is 13.8. The van der Waals surface area contributed by atoms with E-state index in [1.807, 2.05) is 68.7 Å². The Morgan fingerprint density at radius 2 is 1.39 bits per heavy atom. The number of benzene rings is 3. The van der Waals surface area contributed by atoms with Crippen molar-refractivity contribution in [2.45, 2.75) is 30.6 Å². The Balaban J connectivity index is 1.57. The summed E-state index contributed by atoms with van der Waals surface area (Å²) in [4.78, 5) is 18.0. The Morgan fingerprint density at radius 3 is 1.91 bits per heavy atom. The number of likely N-dealkylation sites (N-methyl/N-ethyl adjacent to an activating group) is 1. The average molecular weight is 443 g/mol. The Hall–Kier alpha value is -3.11. The van der Waals surface area contributed by atoms with Crippen LogP contribution in [0.2, 0.25) is 0 Å². The standard InChI is InChI=1S/C29H34N2O2/c1-30(2)28(33)29(24-11-5-3-6-12-24,25-13-7-4-8-14-25)19-22-31-20-17-23(18-21-31)26-15-9-10-16-27(26)32/h3-16,23,32H,17-22H2,1-2H3. The molecule has 0 saturated carbocycles. The van der Waals surface area contributed by atoms with Gasteiger partial charge >= 0.3 is 0 Å².